The zero-order valence-electron chi connectivity index (χ0n) is 9.55. The van der Waals surface area contributed by atoms with E-state index in [4.69, 9.17) is 4.42 Å². The smallest absolute Gasteiger partial charge is 0.127 e. The van der Waals surface area contributed by atoms with E-state index in [0.29, 0.717) is 0 Å². The molecule has 0 unspecified atom stereocenters. The molecule has 1 aliphatic carbocycles. The second-order valence-electron chi connectivity index (χ2n) is 4.30. The Balaban J connectivity index is 1.88. The standard InChI is InChI=1S/C13H19NO/c1-3-12-6-7-13(15-12)8-10(2)9-14-11-4-5-11/h6-8,11,14H,3-5,9H2,1-2H3. The Labute approximate surface area is 91.4 Å². The Bertz CT molecular complexity index is 347. The number of aryl methyl sites for hydroxylation is 1. The van der Waals surface area contributed by atoms with Crippen LogP contribution in [-0.2, 0) is 6.42 Å². The van der Waals surface area contributed by atoms with Gasteiger partial charge in [-0.05, 0) is 38.0 Å². The monoisotopic (exact) mass is 205 g/mol. The van der Waals surface area contributed by atoms with Crippen LogP contribution in [0.1, 0.15) is 38.2 Å². The molecule has 15 heavy (non-hydrogen) atoms. The lowest BCUT2D eigenvalue weighted by atomic mass is 10.2. The van der Waals surface area contributed by atoms with Gasteiger partial charge in [-0.1, -0.05) is 12.5 Å². The van der Waals surface area contributed by atoms with Gasteiger partial charge in [-0.15, -0.1) is 0 Å². The molecule has 0 radical (unpaired) electrons. The van der Waals surface area contributed by atoms with Gasteiger partial charge >= 0.3 is 0 Å². The van der Waals surface area contributed by atoms with E-state index in [1.165, 1.54) is 18.4 Å². The highest BCUT2D eigenvalue weighted by atomic mass is 16.3. The molecule has 1 aromatic heterocycles. The molecule has 0 spiro atoms. The summed E-state index contributed by atoms with van der Waals surface area (Å²) in [4.78, 5) is 0. The first kappa shape index (κ1) is 10.5. The van der Waals surface area contributed by atoms with Crippen LogP contribution in [0.25, 0.3) is 6.08 Å². The van der Waals surface area contributed by atoms with Crippen molar-refractivity contribution < 1.29 is 4.42 Å². The summed E-state index contributed by atoms with van der Waals surface area (Å²) in [5.74, 6) is 2.03. The number of hydrogen-bond donors (Lipinski definition) is 1. The lowest BCUT2D eigenvalue weighted by Gasteiger charge is -2.01. The summed E-state index contributed by atoms with van der Waals surface area (Å²) in [5.41, 5.74) is 1.33. The highest BCUT2D eigenvalue weighted by Crippen LogP contribution is 2.19. The summed E-state index contributed by atoms with van der Waals surface area (Å²) in [5, 5.41) is 3.49. The fraction of sp³-hybridized carbons (Fsp3) is 0.538. The summed E-state index contributed by atoms with van der Waals surface area (Å²) in [6.45, 7) is 5.23. The van der Waals surface area contributed by atoms with Crippen LogP contribution < -0.4 is 5.32 Å². The Kier molecular flexibility index (Phi) is 3.27. The molecule has 1 aromatic rings. The number of rotatable bonds is 5. The summed E-state index contributed by atoms with van der Waals surface area (Å²) >= 11 is 0. The summed E-state index contributed by atoms with van der Waals surface area (Å²) in [7, 11) is 0. The molecule has 82 valence electrons. The van der Waals surface area contributed by atoms with Gasteiger partial charge in [0.2, 0.25) is 0 Å². The van der Waals surface area contributed by atoms with Crippen molar-refractivity contribution in [3.63, 3.8) is 0 Å². The average Bonchev–Trinajstić information content (AvgIpc) is 2.96. The maximum absolute atomic E-state index is 5.62. The molecular weight excluding hydrogens is 186 g/mol. The third kappa shape index (κ3) is 3.24. The number of nitrogens with one attached hydrogen (secondary N) is 1. The zero-order valence-corrected chi connectivity index (χ0v) is 9.55. The lowest BCUT2D eigenvalue weighted by molar-refractivity contribution is 0.507. The zero-order chi connectivity index (χ0) is 10.7. The Morgan fingerprint density at radius 1 is 1.53 bits per heavy atom. The molecule has 2 rings (SSSR count). The molecule has 0 saturated heterocycles. The van der Waals surface area contributed by atoms with Gasteiger partial charge in [0.1, 0.15) is 11.5 Å². The van der Waals surface area contributed by atoms with Crippen molar-refractivity contribution in [2.75, 3.05) is 6.54 Å². The van der Waals surface area contributed by atoms with Gasteiger partial charge in [-0.2, -0.15) is 0 Å². The van der Waals surface area contributed by atoms with Crippen LogP contribution in [0.15, 0.2) is 22.1 Å². The van der Waals surface area contributed by atoms with Crippen LogP contribution >= 0.6 is 0 Å². The van der Waals surface area contributed by atoms with Crippen molar-refractivity contribution in [1.29, 1.82) is 0 Å². The summed E-state index contributed by atoms with van der Waals surface area (Å²) in [6, 6.07) is 4.86. The van der Waals surface area contributed by atoms with E-state index >= 15 is 0 Å². The molecule has 2 nitrogen and oxygen atoms in total. The number of hydrogen-bond acceptors (Lipinski definition) is 2. The molecular formula is C13H19NO. The molecule has 0 atom stereocenters. The van der Waals surface area contributed by atoms with Gasteiger partial charge in [-0.25, -0.2) is 0 Å². The van der Waals surface area contributed by atoms with Crippen LogP contribution in [0.3, 0.4) is 0 Å². The van der Waals surface area contributed by atoms with Gasteiger partial charge in [-0.3, -0.25) is 0 Å². The van der Waals surface area contributed by atoms with Crippen molar-refractivity contribution in [3.8, 4) is 0 Å². The molecule has 2 heteroatoms. The molecule has 1 aliphatic rings. The minimum Gasteiger partial charge on any atom is -0.462 e. The number of furan rings is 1. The normalized spacial score (nSPS) is 17.1. The SMILES string of the molecule is CCc1ccc(C=C(C)CNC2CC2)o1. The quantitative estimate of drug-likeness (QED) is 0.799. The van der Waals surface area contributed by atoms with Crippen molar-refractivity contribution in [2.45, 2.75) is 39.2 Å². The molecule has 1 N–H and O–H groups in total. The third-order valence-electron chi connectivity index (χ3n) is 2.67. The van der Waals surface area contributed by atoms with E-state index in [-0.39, 0.29) is 0 Å². The topological polar surface area (TPSA) is 25.2 Å². The molecule has 1 saturated carbocycles. The maximum atomic E-state index is 5.62. The first-order valence-corrected chi connectivity index (χ1v) is 5.77. The average molecular weight is 205 g/mol. The van der Waals surface area contributed by atoms with Crippen molar-refractivity contribution in [3.05, 3.63) is 29.2 Å². The summed E-state index contributed by atoms with van der Waals surface area (Å²) in [6.07, 6.45) is 5.77. The van der Waals surface area contributed by atoms with Gasteiger partial charge in [0.25, 0.3) is 0 Å². The third-order valence-corrected chi connectivity index (χ3v) is 2.67. The highest BCUT2D eigenvalue weighted by molar-refractivity contribution is 5.47. The highest BCUT2D eigenvalue weighted by Gasteiger charge is 2.19. The van der Waals surface area contributed by atoms with Crippen LogP contribution in [0.2, 0.25) is 0 Å². The molecule has 1 heterocycles. The van der Waals surface area contributed by atoms with E-state index in [1.54, 1.807) is 0 Å². The largest absolute Gasteiger partial charge is 0.462 e. The van der Waals surface area contributed by atoms with E-state index in [9.17, 15) is 0 Å². The van der Waals surface area contributed by atoms with Crippen molar-refractivity contribution >= 4 is 6.08 Å². The van der Waals surface area contributed by atoms with E-state index in [2.05, 4.69) is 25.2 Å². The van der Waals surface area contributed by atoms with Crippen LogP contribution in [0.5, 0.6) is 0 Å². The lowest BCUT2D eigenvalue weighted by Crippen LogP contribution is -2.18. The fourth-order valence-corrected chi connectivity index (χ4v) is 1.55. The predicted octanol–water partition coefficient (Wildman–Crippen LogP) is 3.00. The molecule has 0 aliphatic heterocycles. The Hall–Kier alpha value is -1.02. The fourth-order valence-electron chi connectivity index (χ4n) is 1.55. The van der Waals surface area contributed by atoms with Gasteiger partial charge in [0.15, 0.2) is 0 Å². The van der Waals surface area contributed by atoms with Gasteiger partial charge in [0, 0.05) is 19.0 Å². The van der Waals surface area contributed by atoms with E-state index in [1.807, 2.05) is 12.1 Å². The molecule has 0 bridgehead atoms. The molecule has 1 fully saturated rings. The second kappa shape index (κ2) is 4.67. The minimum absolute atomic E-state index is 0.774. The van der Waals surface area contributed by atoms with Crippen LogP contribution in [0, 0.1) is 0 Å². The predicted molar refractivity (Wildman–Crippen MR) is 62.8 cm³/mol. The Morgan fingerprint density at radius 3 is 2.93 bits per heavy atom. The van der Waals surface area contributed by atoms with Crippen LogP contribution in [-0.4, -0.2) is 12.6 Å². The van der Waals surface area contributed by atoms with E-state index < -0.39 is 0 Å². The molecule has 0 amide bonds. The Morgan fingerprint density at radius 2 is 2.33 bits per heavy atom. The van der Waals surface area contributed by atoms with Crippen LogP contribution in [0.4, 0.5) is 0 Å². The van der Waals surface area contributed by atoms with Crippen molar-refractivity contribution in [2.24, 2.45) is 0 Å². The first-order valence-electron chi connectivity index (χ1n) is 5.77. The van der Waals surface area contributed by atoms with Crippen molar-refractivity contribution in [1.82, 2.24) is 5.32 Å². The van der Waals surface area contributed by atoms with Gasteiger partial charge in [0.05, 0.1) is 0 Å². The maximum Gasteiger partial charge on any atom is 0.127 e. The van der Waals surface area contributed by atoms with Gasteiger partial charge < -0.3 is 9.73 Å². The van der Waals surface area contributed by atoms with E-state index in [0.717, 1.165) is 30.5 Å². The molecule has 0 aromatic carbocycles. The minimum atomic E-state index is 0.774. The second-order valence-corrected chi connectivity index (χ2v) is 4.30. The first-order chi connectivity index (χ1) is 7.28. The summed E-state index contributed by atoms with van der Waals surface area (Å²) < 4.78 is 5.62.